The predicted octanol–water partition coefficient (Wildman–Crippen LogP) is 3.45. The van der Waals surface area contributed by atoms with Crippen molar-refractivity contribution in [1.82, 2.24) is 14.5 Å². The van der Waals surface area contributed by atoms with Crippen LogP contribution < -0.4 is 10.5 Å². The van der Waals surface area contributed by atoms with E-state index in [9.17, 15) is 4.79 Å². The summed E-state index contributed by atoms with van der Waals surface area (Å²) in [5.74, 6) is 0. The minimum absolute atomic E-state index is 0.0585. The van der Waals surface area contributed by atoms with Crippen LogP contribution in [0.3, 0.4) is 0 Å². The first-order chi connectivity index (χ1) is 12.6. The van der Waals surface area contributed by atoms with E-state index in [2.05, 4.69) is 27.8 Å². The summed E-state index contributed by atoms with van der Waals surface area (Å²) in [6, 6.07) is 9.96. The highest BCUT2D eigenvalue weighted by molar-refractivity contribution is 7.18. The van der Waals surface area contributed by atoms with Gasteiger partial charge in [0.25, 0.3) is 5.56 Å². The van der Waals surface area contributed by atoms with Crippen molar-refractivity contribution in [3.8, 4) is 0 Å². The van der Waals surface area contributed by atoms with Gasteiger partial charge in [-0.1, -0.05) is 24.6 Å². The van der Waals surface area contributed by atoms with E-state index in [1.807, 2.05) is 24.3 Å². The molecule has 0 radical (unpaired) electrons. The van der Waals surface area contributed by atoms with Crippen LogP contribution >= 0.6 is 22.9 Å². The number of benzene rings is 1. The molecule has 0 bridgehead atoms. The summed E-state index contributed by atoms with van der Waals surface area (Å²) in [6.07, 6.45) is 2.62. The Hall–Kier alpha value is -1.89. The molecule has 0 saturated carbocycles. The Kier molecular flexibility index (Phi) is 4.98. The van der Waals surface area contributed by atoms with Crippen molar-refractivity contribution in [2.24, 2.45) is 0 Å². The molecule has 0 spiro atoms. The quantitative estimate of drug-likeness (QED) is 0.686. The van der Waals surface area contributed by atoms with Crippen LogP contribution in [0.1, 0.15) is 11.8 Å². The fourth-order valence-corrected chi connectivity index (χ4v) is 4.43. The third kappa shape index (κ3) is 3.49. The molecule has 2 aromatic heterocycles. The van der Waals surface area contributed by atoms with E-state index in [-0.39, 0.29) is 5.56 Å². The van der Waals surface area contributed by atoms with Crippen molar-refractivity contribution in [3.63, 3.8) is 0 Å². The number of aryl methyl sites for hydroxylation is 1. The molecule has 136 valence electrons. The predicted molar refractivity (Wildman–Crippen MR) is 108 cm³/mol. The Balaban J connectivity index is 1.45. The molecule has 7 heteroatoms. The number of fused-ring (bicyclic) bond motifs is 1. The van der Waals surface area contributed by atoms with Gasteiger partial charge in [0.2, 0.25) is 0 Å². The van der Waals surface area contributed by atoms with E-state index in [0.29, 0.717) is 6.67 Å². The Bertz CT molecular complexity index is 975. The highest BCUT2D eigenvalue weighted by atomic mass is 35.5. The zero-order valence-corrected chi connectivity index (χ0v) is 16.3. The Labute approximate surface area is 161 Å². The summed E-state index contributed by atoms with van der Waals surface area (Å²) in [5.41, 5.74) is 1.21. The molecule has 1 fully saturated rings. The average molecular weight is 389 g/mol. The summed E-state index contributed by atoms with van der Waals surface area (Å²) >= 11 is 7.71. The third-order valence-electron chi connectivity index (χ3n) is 4.82. The smallest absolute Gasteiger partial charge is 0.263 e. The topological polar surface area (TPSA) is 41.4 Å². The second-order valence-electron chi connectivity index (χ2n) is 6.53. The van der Waals surface area contributed by atoms with Gasteiger partial charge in [-0.05, 0) is 30.7 Å². The van der Waals surface area contributed by atoms with Gasteiger partial charge in [0, 0.05) is 41.8 Å². The molecule has 26 heavy (non-hydrogen) atoms. The molecule has 1 saturated heterocycles. The fourth-order valence-electron chi connectivity index (χ4n) is 3.32. The normalized spacial score (nSPS) is 15.7. The Morgan fingerprint density at radius 1 is 1.19 bits per heavy atom. The zero-order chi connectivity index (χ0) is 18.1. The largest absolute Gasteiger partial charge is 0.369 e. The number of rotatable bonds is 4. The molecular formula is C19H21ClN4OS. The van der Waals surface area contributed by atoms with Gasteiger partial charge in [-0.3, -0.25) is 14.3 Å². The zero-order valence-electron chi connectivity index (χ0n) is 14.7. The van der Waals surface area contributed by atoms with E-state index < -0.39 is 0 Å². The van der Waals surface area contributed by atoms with Gasteiger partial charge in [0.15, 0.2) is 0 Å². The van der Waals surface area contributed by atoms with E-state index in [1.165, 1.54) is 4.88 Å². The highest BCUT2D eigenvalue weighted by Crippen LogP contribution is 2.22. The first-order valence-corrected chi connectivity index (χ1v) is 10.0. The summed E-state index contributed by atoms with van der Waals surface area (Å²) in [6.45, 7) is 6.33. The molecule has 0 N–H and O–H groups in total. The molecule has 3 aromatic rings. The Morgan fingerprint density at radius 2 is 2.00 bits per heavy atom. The van der Waals surface area contributed by atoms with Gasteiger partial charge in [-0.25, -0.2) is 4.98 Å². The van der Waals surface area contributed by atoms with Crippen LogP contribution in [0, 0.1) is 0 Å². The molecular weight excluding hydrogens is 368 g/mol. The number of thiophene rings is 1. The number of anilines is 1. The second kappa shape index (κ2) is 7.39. The van der Waals surface area contributed by atoms with Crippen LogP contribution in [-0.2, 0) is 13.1 Å². The maximum atomic E-state index is 12.7. The van der Waals surface area contributed by atoms with Crippen LogP contribution in [0.4, 0.5) is 5.69 Å². The number of piperazine rings is 1. The molecule has 5 nitrogen and oxygen atoms in total. The van der Waals surface area contributed by atoms with Gasteiger partial charge < -0.3 is 4.90 Å². The number of hydrogen-bond donors (Lipinski definition) is 0. The molecule has 1 aromatic carbocycles. The molecule has 0 amide bonds. The Morgan fingerprint density at radius 3 is 2.73 bits per heavy atom. The van der Waals surface area contributed by atoms with E-state index in [1.54, 1.807) is 22.2 Å². The van der Waals surface area contributed by atoms with Gasteiger partial charge in [-0.15, -0.1) is 11.3 Å². The molecule has 0 aliphatic carbocycles. The number of nitrogens with zero attached hydrogens (tertiary/aromatic N) is 4. The number of hydrogen-bond acceptors (Lipinski definition) is 5. The van der Waals surface area contributed by atoms with Crippen LogP contribution in [-0.4, -0.2) is 40.6 Å². The fraction of sp³-hybridized carbons (Fsp3) is 0.368. The van der Waals surface area contributed by atoms with Crippen molar-refractivity contribution in [3.05, 3.63) is 56.9 Å². The first-order valence-electron chi connectivity index (χ1n) is 8.85. The van der Waals surface area contributed by atoms with E-state index >= 15 is 0 Å². The summed E-state index contributed by atoms with van der Waals surface area (Å²) in [7, 11) is 0. The van der Waals surface area contributed by atoms with Crippen molar-refractivity contribution in [2.45, 2.75) is 20.0 Å². The van der Waals surface area contributed by atoms with Gasteiger partial charge in [0.05, 0.1) is 12.1 Å². The number of halogens is 1. The van der Waals surface area contributed by atoms with E-state index in [4.69, 9.17) is 11.6 Å². The van der Waals surface area contributed by atoms with Crippen molar-refractivity contribution >= 4 is 38.8 Å². The second-order valence-corrected chi connectivity index (χ2v) is 8.08. The summed E-state index contributed by atoms with van der Waals surface area (Å²) < 4.78 is 1.73. The maximum Gasteiger partial charge on any atom is 0.263 e. The summed E-state index contributed by atoms with van der Waals surface area (Å²) in [4.78, 5) is 23.9. The average Bonchev–Trinajstić information content (AvgIpc) is 3.09. The molecule has 4 rings (SSSR count). The lowest BCUT2D eigenvalue weighted by atomic mass is 10.2. The highest BCUT2D eigenvalue weighted by Gasteiger charge is 2.18. The van der Waals surface area contributed by atoms with Crippen LogP contribution in [0.25, 0.3) is 10.2 Å². The monoisotopic (exact) mass is 388 g/mol. The van der Waals surface area contributed by atoms with Crippen LogP contribution in [0.5, 0.6) is 0 Å². The summed E-state index contributed by atoms with van der Waals surface area (Å²) in [5, 5.41) is 1.50. The lowest BCUT2D eigenvalue weighted by molar-refractivity contribution is 0.203. The molecule has 0 atom stereocenters. The standard InChI is InChI=1S/C19H21ClN4OS/c1-2-16-11-17-18(26-16)21-12-24(19(17)25)13-22-6-8-23(9-7-22)15-5-3-4-14(20)10-15/h3-5,10-12H,2,6-9,13H2,1H3. The molecule has 0 unspecified atom stereocenters. The SMILES string of the molecule is CCc1cc2c(=O)n(CN3CCN(c4cccc(Cl)c4)CC3)cnc2s1. The van der Waals surface area contributed by atoms with Crippen LogP contribution in [0.2, 0.25) is 5.02 Å². The van der Waals surface area contributed by atoms with Crippen LogP contribution in [0.15, 0.2) is 41.5 Å². The lowest BCUT2D eigenvalue weighted by Gasteiger charge is -2.36. The lowest BCUT2D eigenvalue weighted by Crippen LogP contribution is -2.47. The maximum absolute atomic E-state index is 12.7. The van der Waals surface area contributed by atoms with Crippen molar-refractivity contribution in [1.29, 1.82) is 0 Å². The minimum Gasteiger partial charge on any atom is -0.369 e. The molecule has 1 aliphatic rings. The minimum atomic E-state index is 0.0585. The third-order valence-corrected chi connectivity index (χ3v) is 6.24. The van der Waals surface area contributed by atoms with Gasteiger partial charge in [-0.2, -0.15) is 0 Å². The first kappa shape index (κ1) is 17.5. The van der Waals surface area contributed by atoms with Gasteiger partial charge in [0.1, 0.15) is 11.2 Å². The van der Waals surface area contributed by atoms with E-state index in [0.717, 1.165) is 53.5 Å². The van der Waals surface area contributed by atoms with Crippen molar-refractivity contribution < 1.29 is 0 Å². The van der Waals surface area contributed by atoms with Gasteiger partial charge >= 0.3 is 0 Å². The number of aromatic nitrogens is 2. The van der Waals surface area contributed by atoms with Crippen molar-refractivity contribution in [2.75, 3.05) is 31.1 Å². The molecule has 1 aliphatic heterocycles. The molecule has 3 heterocycles.